The third-order valence-corrected chi connectivity index (χ3v) is 1.46. The van der Waals surface area contributed by atoms with Crippen LogP contribution in [0.1, 0.15) is 5.69 Å². The second kappa shape index (κ2) is 3.14. The van der Waals surface area contributed by atoms with Crippen molar-refractivity contribution in [1.29, 1.82) is 0 Å². The van der Waals surface area contributed by atoms with E-state index in [0.29, 0.717) is 6.33 Å². The molecule has 0 atom stereocenters. The van der Waals surface area contributed by atoms with E-state index in [2.05, 4.69) is 4.98 Å². The summed E-state index contributed by atoms with van der Waals surface area (Å²) in [7, 11) is 0. The number of rotatable bonds is 2. The molecule has 0 saturated carbocycles. The molecule has 0 saturated heterocycles. The maximum Gasteiger partial charge on any atom is 0.460 e. The zero-order valence-electron chi connectivity index (χ0n) is 6.68. The summed E-state index contributed by atoms with van der Waals surface area (Å²) in [6, 6.07) is 0. The maximum atomic E-state index is 12.6. The molecule has 1 heterocycles. The van der Waals surface area contributed by atoms with Crippen LogP contribution in [0.25, 0.3) is 0 Å². The van der Waals surface area contributed by atoms with E-state index < -0.39 is 28.5 Å². The zero-order chi connectivity index (χ0) is 11.9. The average molecular weight is 231 g/mol. The van der Waals surface area contributed by atoms with Crippen molar-refractivity contribution in [3.8, 4) is 0 Å². The number of halogens is 5. The van der Waals surface area contributed by atoms with Gasteiger partial charge in [-0.1, -0.05) is 0 Å². The second-order valence-corrected chi connectivity index (χ2v) is 2.43. The van der Waals surface area contributed by atoms with Crippen LogP contribution in [0.4, 0.5) is 27.8 Å². The van der Waals surface area contributed by atoms with E-state index in [0.717, 1.165) is 0 Å². The Morgan fingerprint density at radius 3 is 2.27 bits per heavy atom. The fourth-order valence-electron chi connectivity index (χ4n) is 0.791. The van der Waals surface area contributed by atoms with Crippen LogP contribution in [0.2, 0.25) is 0 Å². The summed E-state index contributed by atoms with van der Waals surface area (Å²) in [4.78, 5) is 12.9. The number of H-pyrrole nitrogens is 1. The fraction of sp³-hybridized carbons (Fsp3) is 0.400. The molecule has 0 aliphatic carbocycles. The number of nitrogens with zero attached hydrogens (tertiary/aromatic N) is 2. The third kappa shape index (κ3) is 1.74. The lowest BCUT2D eigenvalue weighted by Gasteiger charge is -2.16. The number of alkyl halides is 5. The van der Waals surface area contributed by atoms with Crippen LogP contribution >= 0.6 is 0 Å². The minimum absolute atomic E-state index is 0.396. The number of aromatic nitrogens is 2. The first-order chi connectivity index (χ1) is 6.68. The number of nitro groups is 1. The predicted octanol–water partition coefficient (Wildman–Crippen LogP) is 1.97. The monoisotopic (exact) mass is 231 g/mol. The Morgan fingerprint density at radius 2 is 1.87 bits per heavy atom. The third-order valence-electron chi connectivity index (χ3n) is 1.46. The van der Waals surface area contributed by atoms with Gasteiger partial charge in [0.15, 0.2) is 6.33 Å². The number of aromatic amines is 1. The van der Waals surface area contributed by atoms with Gasteiger partial charge in [-0.3, -0.25) is 0 Å². The number of hydrogen-bond donors (Lipinski definition) is 1. The molecule has 15 heavy (non-hydrogen) atoms. The molecule has 10 heteroatoms. The van der Waals surface area contributed by atoms with Gasteiger partial charge in [-0.25, -0.2) is 9.97 Å². The van der Waals surface area contributed by atoms with Crippen LogP contribution in [-0.2, 0) is 5.92 Å². The Morgan fingerprint density at radius 1 is 1.33 bits per heavy atom. The van der Waals surface area contributed by atoms with Crippen molar-refractivity contribution in [1.82, 2.24) is 9.97 Å². The van der Waals surface area contributed by atoms with Crippen LogP contribution < -0.4 is 0 Å². The van der Waals surface area contributed by atoms with E-state index in [1.807, 2.05) is 0 Å². The Labute approximate surface area is 78.1 Å². The van der Waals surface area contributed by atoms with Crippen molar-refractivity contribution < 1.29 is 26.9 Å². The van der Waals surface area contributed by atoms with E-state index in [-0.39, 0.29) is 0 Å². The molecule has 0 aliphatic heterocycles. The van der Waals surface area contributed by atoms with Gasteiger partial charge in [0.05, 0.1) is 0 Å². The summed E-state index contributed by atoms with van der Waals surface area (Å²) in [5, 5.41) is 10.1. The molecular formula is C5H2F5N3O2. The smallest absolute Gasteiger partial charge is 0.358 e. The molecule has 0 amide bonds. The van der Waals surface area contributed by atoms with Crippen molar-refractivity contribution in [2.75, 3.05) is 0 Å². The highest BCUT2D eigenvalue weighted by molar-refractivity contribution is 5.30. The molecule has 0 fully saturated rings. The van der Waals surface area contributed by atoms with Crippen LogP contribution in [0.3, 0.4) is 0 Å². The lowest BCUT2D eigenvalue weighted by atomic mass is 10.2. The van der Waals surface area contributed by atoms with Crippen molar-refractivity contribution >= 4 is 5.82 Å². The van der Waals surface area contributed by atoms with Gasteiger partial charge < -0.3 is 10.1 Å². The Balaban J connectivity index is 3.27. The molecule has 0 bridgehead atoms. The van der Waals surface area contributed by atoms with Gasteiger partial charge >= 0.3 is 17.9 Å². The van der Waals surface area contributed by atoms with Crippen LogP contribution in [0, 0.1) is 10.1 Å². The van der Waals surface area contributed by atoms with Gasteiger partial charge in [0.25, 0.3) is 0 Å². The molecule has 0 aliphatic rings. The summed E-state index contributed by atoms with van der Waals surface area (Å²) >= 11 is 0. The van der Waals surface area contributed by atoms with Crippen molar-refractivity contribution in [3.05, 3.63) is 22.1 Å². The molecule has 0 radical (unpaired) electrons. The lowest BCUT2D eigenvalue weighted by molar-refractivity contribution is -0.394. The van der Waals surface area contributed by atoms with Gasteiger partial charge in [0.2, 0.25) is 5.69 Å². The Hall–Kier alpha value is -1.74. The largest absolute Gasteiger partial charge is 0.460 e. The summed E-state index contributed by atoms with van der Waals surface area (Å²) in [6.07, 6.45) is -5.53. The molecule has 1 aromatic rings. The highest BCUT2D eigenvalue weighted by atomic mass is 19.4. The van der Waals surface area contributed by atoms with Gasteiger partial charge in [0, 0.05) is 0 Å². The maximum absolute atomic E-state index is 12.6. The number of hydrogen-bond acceptors (Lipinski definition) is 3. The number of imidazole rings is 1. The van der Waals surface area contributed by atoms with E-state index >= 15 is 0 Å². The molecule has 1 aromatic heterocycles. The summed E-state index contributed by atoms with van der Waals surface area (Å²) in [5.74, 6) is -6.83. The minimum Gasteiger partial charge on any atom is -0.358 e. The van der Waals surface area contributed by atoms with Gasteiger partial charge in [-0.05, 0) is 4.92 Å². The fourth-order valence-corrected chi connectivity index (χ4v) is 0.791. The topological polar surface area (TPSA) is 71.8 Å². The quantitative estimate of drug-likeness (QED) is 0.480. The molecule has 5 nitrogen and oxygen atoms in total. The molecule has 0 aromatic carbocycles. The first-order valence-corrected chi connectivity index (χ1v) is 3.30. The highest BCUT2D eigenvalue weighted by Gasteiger charge is 2.63. The highest BCUT2D eigenvalue weighted by Crippen LogP contribution is 2.45. The van der Waals surface area contributed by atoms with E-state index in [9.17, 15) is 32.1 Å². The zero-order valence-corrected chi connectivity index (χ0v) is 6.68. The van der Waals surface area contributed by atoms with Crippen molar-refractivity contribution in [2.24, 2.45) is 0 Å². The Bertz CT molecular complexity index is 384. The molecule has 0 spiro atoms. The molecular weight excluding hydrogens is 229 g/mol. The van der Waals surface area contributed by atoms with Gasteiger partial charge in [-0.15, -0.1) is 0 Å². The van der Waals surface area contributed by atoms with Crippen molar-refractivity contribution in [3.63, 3.8) is 0 Å². The molecule has 0 unspecified atom stereocenters. The van der Waals surface area contributed by atoms with Gasteiger partial charge in [-0.2, -0.15) is 22.0 Å². The normalized spacial score (nSPS) is 12.9. The SMILES string of the molecule is O=[N+]([O-])c1[nH]cnc1C(F)(F)C(F)(F)F. The summed E-state index contributed by atoms with van der Waals surface area (Å²) in [6.45, 7) is 0. The van der Waals surface area contributed by atoms with Crippen LogP contribution in [0.15, 0.2) is 6.33 Å². The van der Waals surface area contributed by atoms with E-state index in [1.165, 1.54) is 0 Å². The first-order valence-electron chi connectivity index (χ1n) is 3.30. The summed E-state index contributed by atoms with van der Waals surface area (Å²) in [5.41, 5.74) is -1.94. The molecule has 84 valence electrons. The lowest BCUT2D eigenvalue weighted by Crippen LogP contribution is -2.34. The van der Waals surface area contributed by atoms with Crippen molar-refractivity contribution in [2.45, 2.75) is 12.1 Å². The van der Waals surface area contributed by atoms with E-state index in [1.54, 1.807) is 4.98 Å². The number of nitrogens with one attached hydrogen (secondary N) is 1. The average Bonchev–Trinajstić information content (AvgIpc) is 2.48. The van der Waals surface area contributed by atoms with Crippen LogP contribution in [0.5, 0.6) is 0 Å². The summed E-state index contributed by atoms with van der Waals surface area (Å²) < 4.78 is 60.7. The second-order valence-electron chi connectivity index (χ2n) is 2.43. The first kappa shape index (κ1) is 11.3. The molecule has 1 N–H and O–H groups in total. The Kier molecular flexibility index (Phi) is 2.37. The minimum atomic E-state index is -5.92. The van der Waals surface area contributed by atoms with Gasteiger partial charge in [0.1, 0.15) is 0 Å². The van der Waals surface area contributed by atoms with E-state index in [4.69, 9.17) is 0 Å². The standard InChI is InChI=1S/C5H2F5N3O2/c6-4(7,5(8,9)10)2-3(13(14)15)12-1-11-2/h1H,(H,11,12). The van der Waals surface area contributed by atoms with Crippen LogP contribution in [-0.4, -0.2) is 21.1 Å². The predicted molar refractivity (Wildman–Crippen MR) is 35.2 cm³/mol. The molecule has 1 rings (SSSR count).